The van der Waals surface area contributed by atoms with Crippen LogP contribution in [0.4, 0.5) is 4.79 Å². The number of carbonyl (C=O) groups excluding carboxylic acids is 1. The Kier molecular flexibility index (Phi) is 5.57. The van der Waals surface area contributed by atoms with Gasteiger partial charge in [0.15, 0.2) is 11.5 Å². The van der Waals surface area contributed by atoms with Gasteiger partial charge in [-0.25, -0.2) is 9.59 Å². The lowest BCUT2D eigenvalue weighted by atomic mass is 9.85. The normalized spacial score (nSPS) is 17.0. The smallest absolute Gasteiger partial charge is 0.449 e. The molecular formula is C18H25NO6. The standard InChI is InChI=1S/C18H25NO6/c1-8(2)11-7-13-15(14(9(3)4)12(11)6-10(5)19)24-17(23-13)16(20)25-18(21)22/h7-10,17H,6,19H2,1-5H3,(H,21,22). The summed E-state index contributed by atoms with van der Waals surface area (Å²) >= 11 is 0. The summed E-state index contributed by atoms with van der Waals surface area (Å²) in [5.41, 5.74) is 9.13. The van der Waals surface area contributed by atoms with E-state index in [0.717, 1.165) is 16.7 Å². The maximum Gasteiger partial charge on any atom is 0.513 e. The van der Waals surface area contributed by atoms with Crippen molar-refractivity contribution in [3.05, 3.63) is 22.8 Å². The molecule has 0 amide bonds. The van der Waals surface area contributed by atoms with Gasteiger partial charge in [-0.1, -0.05) is 27.7 Å². The Labute approximate surface area is 147 Å². The number of carbonyl (C=O) groups is 2. The zero-order valence-corrected chi connectivity index (χ0v) is 15.2. The van der Waals surface area contributed by atoms with Crippen LogP contribution in [0.2, 0.25) is 0 Å². The Balaban J connectivity index is 2.51. The molecule has 0 saturated carbocycles. The third-order valence-corrected chi connectivity index (χ3v) is 3.99. The van der Waals surface area contributed by atoms with Crippen LogP contribution >= 0.6 is 0 Å². The monoisotopic (exact) mass is 351 g/mol. The Morgan fingerprint density at radius 3 is 2.32 bits per heavy atom. The molecule has 3 N–H and O–H groups in total. The van der Waals surface area contributed by atoms with Crippen molar-refractivity contribution in [1.29, 1.82) is 0 Å². The van der Waals surface area contributed by atoms with Crippen LogP contribution in [-0.2, 0) is 16.0 Å². The Morgan fingerprint density at radius 2 is 1.84 bits per heavy atom. The molecule has 2 rings (SSSR count). The van der Waals surface area contributed by atoms with Gasteiger partial charge in [-0.15, -0.1) is 0 Å². The zero-order chi connectivity index (χ0) is 18.9. The summed E-state index contributed by atoms with van der Waals surface area (Å²) in [5.74, 6) is 0.123. The van der Waals surface area contributed by atoms with Gasteiger partial charge in [-0.05, 0) is 42.4 Å². The van der Waals surface area contributed by atoms with Crippen molar-refractivity contribution in [3.8, 4) is 11.5 Å². The van der Waals surface area contributed by atoms with Crippen molar-refractivity contribution in [1.82, 2.24) is 0 Å². The lowest BCUT2D eigenvalue weighted by Gasteiger charge is -2.22. The second-order valence-corrected chi connectivity index (χ2v) is 6.93. The quantitative estimate of drug-likeness (QED) is 0.619. The van der Waals surface area contributed by atoms with Gasteiger partial charge in [-0.2, -0.15) is 0 Å². The first-order chi connectivity index (χ1) is 11.6. The maximum absolute atomic E-state index is 11.8. The third-order valence-electron chi connectivity index (χ3n) is 3.99. The summed E-state index contributed by atoms with van der Waals surface area (Å²) in [6.07, 6.45) is -2.45. The van der Waals surface area contributed by atoms with Gasteiger partial charge in [0.1, 0.15) is 0 Å². The molecule has 2 atom stereocenters. The van der Waals surface area contributed by atoms with Crippen LogP contribution in [-0.4, -0.2) is 29.6 Å². The maximum atomic E-state index is 11.8. The van der Waals surface area contributed by atoms with E-state index in [1.807, 2.05) is 26.8 Å². The summed E-state index contributed by atoms with van der Waals surface area (Å²) < 4.78 is 15.3. The van der Waals surface area contributed by atoms with E-state index in [1.165, 1.54) is 0 Å². The van der Waals surface area contributed by atoms with Crippen molar-refractivity contribution >= 4 is 12.1 Å². The molecule has 1 aliphatic rings. The number of hydrogen-bond donors (Lipinski definition) is 2. The summed E-state index contributed by atoms with van der Waals surface area (Å²) in [4.78, 5) is 22.4. The first kappa shape index (κ1) is 19.1. The predicted molar refractivity (Wildman–Crippen MR) is 91.1 cm³/mol. The Hall–Kier alpha value is -2.28. The number of esters is 1. The van der Waals surface area contributed by atoms with E-state index in [-0.39, 0.29) is 17.9 Å². The molecule has 7 nitrogen and oxygen atoms in total. The van der Waals surface area contributed by atoms with E-state index in [2.05, 4.69) is 18.6 Å². The minimum Gasteiger partial charge on any atom is -0.449 e. The minimum absolute atomic E-state index is 0.0388. The molecule has 0 saturated heterocycles. The fraction of sp³-hybridized carbons (Fsp3) is 0.556. The fourth-order valence-corrected chi connectivity index (χ4v) is 3.08. The highest BCUT2D eigenvalue weighted by molar-refractivity contribution is 5.84. The molecule has 1 aromatic rings. The predicted octanol–water partition coefficient (Wildman–Crippen LogP) is 3.14. The van der Waals surface area contributed by atoms with Crippen LogP contribution in [0, 0.1) is 0 Å². The summed E-state index contributed by atoms with van der Waals surface area (Å²) in [6, 6.07) is 1.81. The van der Waals surface area contributed by atoms with Crippen molar-refractivity contribution in [3.63, 3.8) is 0 Å². The number of ether oxygens (including phenoxy) is 3. The number of benzene rings is 1. The SMILES string of the molecule is CC(N)Cc1c(C(C)C)cc2c(c1C(C)C)OC(C(=O)OC(=O)O)O2. The van der Waals surface area contributed by atoms with Crippen molar-refractivity contribution in [2.75, 3.05) is 0 Å². The average molecular weight is 351 g/mol. The van der Waals surface area contributed by atoms with E-state index in [0.29, 0.717) is 17.9 Å². The van der Waals surface area contributed by atoms with Gasteiger partial charge in [0.05, 0.1) is 0 Å². The molecule has 0 aromatic heterocycles. The molecule has 1 aliphatic heterocycles. The first-order valence-corrected chi connectivity index (χ1v) is 8.35. The topological polar surface area (TPSA) is 108 Å². The summed E-state index contributed by atoms with van der Waals surface area (Å²) in [5, 5.41) is 8.60. The van der Waals surface area contributed by atoms with Crippen molar-refractivity contribution < 1.29 is 28.9 Å². The molecule has 2 unspecified atom stereocenters. The molecule has 0 fully saturated rings. The number of carboxylic acid groups (broad SMARTS) is 1. The van der Waals surface area contributed by atoms with Crippen LogP contribution < -0.4 is 15.2 Å². The Morgan fingerprint density at radius 1 is 1.20 bits per heavy atom. The molecular weight excluding hydrogens is 326 g/mol. The molecule has 25 heavy (non-hydrogen) atoms. The van der Waals surface area contributed by atoms with Crippen molar-refractivity contribution in [2.45, 2.75) is 65.2 Å². The van der Waals surface area contributed by atoms with E-state index in [4.69, 9.17) is 20.3 Å². The van der Waals surface area contributed by atoms with E-state index in [1.54, 1.807) is 0 Å². The summed E-state index contributed by atoms with van der Waals surface area (Å²) in [7, 11) is 0. The Bertz CT molecular complexity index is 681. The fourth-order valence-electron chi connectivity index (χ4n) is 3.08. The van der Waals surface area contributed by atoms with Crippen LogP contribution in [0.25, 0.3) is 0 Å². The van der Waals surface area contributed by atoms with Crippen LogP contribution in [0.5, 0.6) is 11.5 Å². The van der Waals surface area contributed by atoms with Gasteiger partial charge in [0.2, 0.25) is 0 Å². The van der Waals surface area contributed by atoms with Gasteiger partial charge in [-0.3, -0.25) is 0 Å². The number of fused-ring (bicyclic) bond motifs is 1. The first-order valence-electron chi connectivity index (χ1n) is 8.35. The lowest BCUT2D eigenvalue weighted by molar-refractivity contribution is -0.156. The summed E-state index contributed by atoms with van der Waals surface area (Å²) in [6.45, 7) is 10.1. The molecule has 138 valence electrons. The molecule has 0 bridgehead atoms. The highest BCUT2D eigenvalue weighted by Gasteiger charge is 2.37. The number of hydrogen-bond acceptors (Lipinski definition) is 6. The molecule has 7 heteroatoms. The van der Waals surface area contributed by atoms with Gasteiger partial charge < -0.3 is 25.1 Å². The van der Waals surface area contributed by atoms with Crippen molar-refractivity contribution in [2.24, 2.45) is 5.73 Å². The van der Waals surface area contributed by atoms with E-state index >= 15 is 0 Å². The van der Waals surface area contributed by atoms with Crippen LogP contribution in [0.3, 0.4) is 0 Å². The third kappa shape index (κ3) is 4.04. The molecule has 1 aromatic carbocycles. The highest BCUT2D eigenvalue weighted by atomic mass is 16.8. The average Bonchev–Trinajstić information content (AvgIpc) is 2.87. The van der Waals surface area contributed by atoms with Crippen LogP contribution in [0.15, 0.2) is 6.07 Å². The van der Waals surface area contributed by atoms with Crippen LogP contribution in [0.1, 0.15) is 63.1 Å². The lowest BCUT2D eigenvalue weighted by Crippen LogP contribution is -2.32. The number of nitrogens with two attached hydrogens (primary N) is 1. The second kappa shape index (κ2) is 7.31. The minimum atomic E-state index is -1.70. The van der Waals surface area contributed by atoms with Gasteiger partial charge >= 0.3 is 18.4 Å². The molecule has 0 radical (unpaired) electrons. The van der Waals surface area contributed by atoms with Gasteiger partial charge in [0.25, 0.3) is 0 Å². The van der Waals surface area contributed by atoms with Gasteiger partial charge in [0, 0.05) is 11.6 Å². The molecule has 1 heterocycles. The second-order valence-electron chi connectivity index (χ2n) is 6.93. The van der Waals surface area contributed by atoms with E-state index in [9.17, 15) is 9.59 Å². The molecule has 0 spiro atoms. The highest BCUT2D eigenvalue weighted by Crippen LogP contribution is 2.46. The largest absolute Gasteiger partial charge is 0.513 e. The number of rotatable bonds is 5. The zero-order valence-electron chi connectivity index (χ0n) is 15.2. The molecule has 0 aliphatic carbocycles. The van der Waals surface area contributed by atoms with E-state index < -0.39 is 18.4 Å².